The smallest absolute Gasteiger partial charge is 0.164 e. The quantitative estimate of drug-likeness (QED) is 0.513. The standard InChI is InChI=1S/C22H20N4O2S2/c1-14-18(15-6-3-2-4-7-15)19-21(24-17-9-11-30(27,28)13-17)25-20(26-22(19)29-14)16-8-5-10-23-12-16/h2-8,10,12,17H,9,11,13H2,1H3,(H,24,25,26). The van der Waals surface area contributed by atoms with Crippen molar-refractivity contribution >= 4 is 37.2 Å². The van der Waals surface area contributed by atoms with Gasteiger partial charge in [0.2, 0.25) is 0 Å². The van der Waals surface area contributed by atoms with E-state index in [0.29, 0.717) is 18.1 Å². The predicted molar refractivity (Wildman–Crippen MR) is 122 cm³/mol. The lowest BCUT2D eigenvalue weighted by molar-refractivity contribution is 0.602. The molecule has 0 spiro atoms. The van der Waals surface area contributed by atoms with E-state index in [0.717, 1.165) is 31.8 Å². The van der Waals surface area contributed by atoms with Gasteiger partial charge in [0.05, 0.1) is 16.9 Å². The topological polar surface area (TPSA) is 84.8 Å². The third-order valence-corrected chi connectivity index (χ3v) is 8.05. The molecule has 0 bridgehead atoms. The average Bonchev–Trinajstić information content (AvgIpc) is 3.27. The van der Waals surface area contributed by atoms with E-state index in [1.807, 2.05) is 30.3 Å². The van der Waals surface area contributed by atoms with E-state index in [2.05, 4.69) is 29.4 Å². The highest BCUT2D eigenvalue weighted by Crippen LogP contribution is 2.42. The van der Waals surface area contributed by atoms with Gasteiger partial charge in [-0.1, -0.05) is 30.3 Å². The van der Waals surface area contributed by atoms with E-state index in [4.69, 9.17) is 9.97 Å². The van der Waals surface area contributed by atoms with Crippen LogP contribution in [0.25, 0.3) is 32.7 Å². The Balaban J connectivity index is 1.71. The van der Waals surface area contributed by atoms with Gasteiger partial charge in [0.1, 0.15) is 10.6 Å². The second kappa shape index (κ2) is 7.45. The molecule has 1 unspecified atom stereocenters. The number of benzene rings is 1. The van der Waals surface area contributed by atoms with Gasteiger partial charge in [-0.3, -0.25) is 4.98 Å². The number of aromatic nitrogens is 3. The zero-order valence-electron chi connectivity index (χ0n) is 16.4. The predicted octanol–water partition coefficient (Wildman–Crippen LogP) is 4.33. The van der Waals surface area contributed by atoms with Crippen LogP contribution in [-0.4, -0.2) is 40.9 Å². The monoisotopic (exact) mass is 436 g/mol. The molecule has 0 amide bonds. The lowest BCUT2D eigenvalue weighted by Gasteiger charge is -2.15. The van der Waals surface area contributed by atoms with Gasteiger partial charge in [-0.2, -0.15) is 0 Å². The normalized spacial score (nSPS) is 18.0. The number of rotatable bonds is 4. The zero-order valence-corrected chi connectivity index (χ0v) is 18.0. The van der Waals surface area contributed by atoms with Crippen LogP contribution in [0.1, 0.15) is 11.3 Å². The van der Waals surface area contributed by atoms with Gasteiger partial charge >= 0.3 is 0 Å². The number of pyridine rings is 1. The molecule has 1 aromatic carbocycles. The summed E-state index contributed by atoms with van der Waals surface area (Å²) < 4.78 is 24.0. The van der Waals surface area contributed by atoms with Crippen LogP contribution in [0.3, 0.4) is 0 Å². The van der Waals surface area contributed by atoms with Crippen molar-refractivity contribution in [2.45, 2.75) is 19.4 Å². The number of fused-ring (bicyclic) bond motifs is 1. The third kappa shape index (κ3) is 3.57. The second-order valence-corrected chi connectivity index (χ2v) is 10.9. The highest BCUT2D eigenvalue weighted by molar-refractivity contribution is 7.91. The summed E-state index contributed by atoms with van der Waals surface area (Å²) in [5.74, 6) is 1.61. The molecule has 1 aliphatic rings. The number of nitrogens with one attached hydrogen (secondary N) is 1. The molecule has 1 N–H and O–H groups in total. The molecule has 1 aliphatic heterocycles. The first-order chi connectivity index (χ1) is 14.5. The summed E-state index contributed by atoms with van der Waals surface area (Å²) in [6.45, 7) is 2.09. The minimum Gasteiger partial charge on any atom is -0.366 e. The Morgan fingerprint density at radius 2 is 1.87 bits per heavy atom. The van der Waals surface area contributed by atoms with Gasteiger partial charge in [-0.15, -0.1) is 11.3 Å². The van der Waals surface area contributed by atoms with Crippen molar-refractivity contribution in [2.24, 2.45) is 0 Å². The van der Waals surface area contributed by atoms with Crippen LogP contribution >= 0.6 is 11.3 Å². The second-order valence-electron chi connectivity index (χ2n) is 7.46. The first-order valence-electron chi connectivity index (χ1n) is 9.74. The summed E-state index contributed by atoms with van der Waals surface area (Å²) in [5.41, 5.74) is 3.02. The molecule has 4 aromatic rings. The first kappa shape index (κ1) is 19.1. The van der Waals surface area contributed by atoms with Crippen LogP contribution in [0.15, 0.2) is 54.9 Å². The molecule has 30 heavy (non-hydrogen) atoms. The Kier molecular flexibility index (Phi) is 4.75. The Morgan fingerprint density at radius 1 is 1.07 bits per heavy atom. The van der Waals surface area contributed by atoms with Crippen molar-refractivity contribution in [1.29, 1.82) is 0 Å². The van der Waals surface area contributed by atoms with Crippen LogP contribution in [-0.2, 0) is 9.84 Å². The van der Waals surface area contributed by atoms with E-state index in [9.17, 15) is 8.42 Å². The number of hydrogen-bond acceptors (Lipinski definition) is 7. The largest absolute Gasteiger partial charge is 0.366 e. The number of thiophene rings is 1. The van der Waals surface area contributed by atoms with Crippen LogP contribution in [0.4, 0.5) is 5.82 Å². The summed E-state index contributed by atoms with van der Waals surface area (Å²) in [4.78, 5) is 15.9. The minimum absolute atomic E-state index is 0.129. The molecule has 3 aromatic heterocycles. The highest BCUT2D eigenvalue weighted by atomic mass is 32.2. The van der Waals surface area contributed by atoms with Gasteiger partial charge in [0.25, 0.3) is 0 Å². The summed E-state index contributed by atoms with van der Waals surface area (Å²) in [6.07, 6.45) is 4.04. The molecule has 8 heteroatoms. The number of anilines is 1. The van der Waals surface area contributed by atoms with Gasteiger partial charge in [0, 0.05) is 34.4 Å². The van der Waals surface area contributed by atoms with Crippen LogP contribution in [0, 0.1) is 6.92 Å². The summed E-state index contributed by atoms with van der Waals surface area (Å²) >= 11 is 1.62. The molecule has 1 atom stereocenters. The first-order valence-corrected chi connectivity index (χ1v) is 12.4. The molecule has 0 aliphatic carbocycles. The van der Waals surface area contributed by atoms with Crippen LogP contribution in [0.2, 0.25) is 0 Å². The van der Waals surface area contributed by atoms with Crippen LogP contribution < -0.4 is 5.32 Å². The molecule has 0 radical (unpaired) electrons. The van der Waals surface area contributed by atoms with E-state index in [-0.39, 0.29) is 17.5 Å². The van der Waals surface area contributed by atoms with Crippen molar-refractivity contribution in [3.05, 3.63) is 59.7 Å². The molecule has 6 nitrogen and oxygen atoms in total. The maximum absolute atomic E-state index is 12.0. The Morgan fingerprint density at radius 3 is 2.57 bits per heavy atom. The number of sulfone groups is 1. The lowest BCUT2D eigenvalue weighted by atomic mass is 10.0. The molecular weight excluding hydrogens is 416 g/mol. The summed E-state index contributed by atoms with van der Waals surface area (Å²) in [5, 5.41) is 4.37. The van der Waals surface area contributed by atoms with E-state index >= 15 is 0 Å². The Bertz CT molecular complexity index is 1320. The maximum atomic E-state index is 12.0. The number of hydrogen-bond donors (Lipinski definition) is 1. The van der Waals surface area contributed by atoms with Crippen molar-refractivity contribution in [2.75, 3.05) is 16.8 Å². The molecular formula is C22H20N4O2S2. The summed E-state index contributed by atoms with van der Waals surface area (Å²) in [6, 6.07) is 13.8. The number of aryl methyl sites for hydroxylation is 1. The molecule has 4 heterocycles. The van der Waals surface area contributed by atoms with Gasteiger partial charge < -0.3 is 5.32 Å². The van der Waals surface area contributed by atoms with Crippen molar-refractivity contribution < 1.29 is 8.42 Å². The summed E-state index contributed by atoms with van der Waals surface area (Å²) in [7, 11) is -3.00. The molecule has 152 valence electrons. The maximum Gasteiger partial charge on any atom is 0.164 e. The molecule has 0 saturated carbocycles. The Labute approximate surface area is 179 Å². The average molecular weight is 437 g/mol. The van der Waals surface area contributed by atoms with E-state index in [1.165, 1.54) is 0 Å². The number of nitrogens with zero attached hydrogens (tertiary/aromatic N) is 3. The fraction of sp³-hybridized carbons (Fsp3) is 0.227. The molecule has 1 fully saturated rings. The van der Waals surface area contributed by atoms with E-state index in [1.54, 1.807) is 23.7 Å². The molecule has 1 saturated heterocycles. The van der Waals surface area contributed by atoms with Gasteiger partial charge in [-0.25, -0.2) is 18.4 Å². The van der Waals surface area contributed by atoms with Crippen molar-refractivity contribution in [3.63, 3.8) is 0 Å². The van der Waals surface area contributed by atoms with Crippen molar-refractivity contribution in [3.8, 4) is 22.5 Å². The Hall–Kier alpha value is -2.84. The fourth-order valence-electron chi connectivity index (χ4n) is 3.89. The van der Waals surface area contributed by atoms with Crippen LogP contribution in [0.5, 0.6) is 0 Å². The van der Waals surface area contributed by atoms with E-state index < -0.39 is 9.84 Å². The van der Waals surface area contributed by atoms with Gasteiger partial charge in [-0.05, 0) is 31.0 Å². The zero-order chi connectivity index (χ0) is 20.7. The SMILES string of the molecule is Cc1sc2nc(-c3cccnc3)nc(NC3CCS(=O)(=O)C3)c2c1-c1ccccc1. The van der Waals surface area contributed by atoms with Crippen molar-refractivity contribution in [1.82, 2.24) is 15.0 Å². The minimum atomic E-state index is -3.00. The highest BCUT2D eigenvalue weighted by Gasteiger charge is 2.29. The molecule has 5 rings (SSSR count). The fourth-order valence-corrected chi connectivity index (χ4v) is 6.61. The third-order valence-electron chi connectivity index (χ3n) is 5.28. The van der Waals surface area contributed by atoms with Gasteiger partial charge in [0.15, 0.2) is 15.7 Å². The lowest BCUT2D eigenvalue weighted by Crippen LogP contribution is -2.21.